The lowest BCUT2D eigenvalue weighted by atomic mass is 9.89. The number of furan rings is 1. The summed E-state index contributed by atoms with van der Waals surface area (Å²) in [5, 5.41) is 14.0. The number of hydrogen-bond donors (Lipinski definition) is 1. The van der Waals surface area contributed by atoms with Gasteiger partial charge in [-0.25, -0.2) is 0 Å². The maximum atomic E-state index is 6.51. The van der Waals surface area contributed by atoms with Crippen molar-refractivity contribution in [1.82, 2.24) is 5.32 Å². The molecule has 0 bridgehead atoms. The van der Waals surface area contributed by atoms with Crippen LogP contribution in [0, 0.1) is 0 Å². The van der Waals surface area contributed by atoms with Crippen molar-refractivity contribution in [1.29, 1.82) is 0 Å². The minimum atomic E-state index is -0.0480. The number of fused-ring (bicyclic) bond motifs is 3. The summed E-state index contributed by atoms with van der Waals surface area (Å²) in [5.74, 6) is 0. The highest BCUT2D eigenvalue weighted by molar-refractivity contribution is 6.25. The van der Waals surface area contributed by atoms with Crippen LogP contribution in [0.15, 0.2) is 168 Å². The molecule has 1 atom stereocenters. The van der Waals surface area contributed by atoms with Gasteiger partial charge in [0.25, 0.3) is 0 Å². The van der Waals surface area contributed by atoms with E-state index >= 15 is 0 Å². The number of allylic oxidation sites excluding steroid dienone is 2. The molecule has 0 fully saturated rings. The van der Waals surface area contributed by atoms with Crippen molar-refractivity contribution in [3.63, 3.8) is 0 Å². The maximum absolute atomic E-state index is 6.51. The number of dihydropyridines is 1. The van der Waals surface area contributed by atoms with Gasteiger partial charge >= 0.3 is 0 Å². The third-order valence-electron chi connectivity index (χ3n) is 9.85. The summed E-state index contributed by atoms with van der Waals surface area (Å²) in [6.45, 7) is 0. The number of benzene rings is 8. The van der Waals surface area contributed by atoms with E-state index in [1.165, 1.54) is 65.7 Å². The normalized spacial score (nSPS) is 15.0. The van der Waals surface area contributed by atoms with Crippen LogP contribution in [0.3, 0.4) is 0 Å². The molecule has 9 aromatic rings. The van der Waals surface area contributed by atoms with E-state index in [1.807, 2.05) is 0 Å². The zero-order chi connectivity index (χ0) is 30.9. The first kappa shape index (κ1) is 26.1. The highest BCUT2D eigenvalue weighted by atomic mass is 16.3. The summed E-state index contributed by atoms with van der Waals surface area (Å²) in [6.07, 6.45) is 4.61. The third kappa shape index (κ3) is 4.12. The Labute approximate surface area is 272 Å². The van der Waals surface area contributed by atoms with Crippen LogP contribution in [0.4, 0.5) is 0 Å². The van der Waals surface area contributed by atoms with E-state index in [2.05, 4.69) is 169 Å². The Balaban J connectivity index is 1.17. The molecule has 1 unspecified atom stereocenters. The highest BCUT2D eigenvalue weighted by Gasteiger charge is 2.23. The lowest BCUT2D eigenvalue weighted by Crippen LogP contribution is -2.22. The second-order valence-corrected chi connectivity index (χ2v) is 12.5. The van der Waals surface area contributed by atoms with Crippen molar-refractivity contribution < 1.29 is 4.42 Å². The van der Waals surface area contributed by atoms with Gasteiger partial charge in [0, 0.05) is 16.5 Å². The van der Waals surface area contributed by atoms with E-state index < -0.39 is 0 Å². The molecule has 2 heterocycles. The Morgan fingerprint density at radius 3 is 1.98 bits per heavy atom. The average Bonchev–Trinajstić information content (AvgIpc) is 3.52. The molecule has 0 saturated heterocycles. The van der Waals surface area contributed by atoms with Gasteiger partial charge in [0.2, 0.25) is 0 Å². The Morgan fingerprint density at radius 1 is 0.468 bits per heavy atom. The molecule has 0 amide bonds. The van der Waals surface area contributed by atoms with Crippen LogP contribution in [0.1, 0.15) is 22.7 Å². The van der Waals surface area contributed by atoms with Crippen LogP contribution in [0.5, 0.6) is 0 Å². The van der Waals surface area contributed by atoms with E-state index in [1.54, 1.807) is 0 Å². The van der Waals surface area contributed by atoms with Crippen molar-refractivity contribution in [3.8, 4) is 11.1 Å². The van der Waals surface area contributed by atoms with Gasteiger partial charge in [0.05, 0.1) is 6.04 Å². The molecular weight excluding hydrogens is 571 g/mol. The summed E-state index contributed by atoms with van der Waals surface area (Å²) in [6, 6.07) is 54.5. The highest BCUT2D eigenvalue weighted by Crippen LogP contribution is 2.43. The SMILES string of the molecule is C1=C(c2ccccc2)C=C(c2ccccc2)NC1c1cccc2oc3ccc(-c4ccc5ccc6cccc7ccc4c5c67)cc3c12. The standard InChI is InChI=1S/C45H29NO/c1-3-9-28(10-4-1)34-26-39(29-11-5-2-6-12-29)46-40(27-34)37-15-8-16-42-45(37)38-25-33(21-24-41(38)47-42)35-22-19-32-18-17-30-13-7-14-31-20-23-36(35)44(32)43(30)31/h1-27,40,46H. The van der Waals surface area contributed by atoms with Gasteiger partial charge in [-0.2, -0.15) is 0 Å². The summed E-state index contributed by atoms with van der Waals surface area (Å²) in [4.78, 5) is 0. The van der Waals surface area contributed by atoms with Crippen LogP contribution in [0.25, 0.3) is 76.7 Å². The van der Waals surface area contributed by atoms with Crippen molar-refractivity contribution in [2.75, 3.05) is 0 Å². The molecule has 2 heteroatoms. The van der Waals surface area contributed by atoms with Gasteiger partial charge in [-0.05, 0) is 96.1 Å². The molecule has 10 rings (SSSR count). The molecule has 1 N–H and O–H groups in total. The Hall–Kier alpha value is -6.12. The van der Waals surface area contributed by atoms with Crippen molar-refractivity contribution in [3.05, 3.63) is 181 Å². The Kier molecular flexibility index (Phi) is 5.67. The van der Waals surface area contributed by atoms with Gasteiger partial charge in [0.15, 0.2) is 0 Å². The van der Waals surface area contributed by atoms with Crippen molar-refractivity contribution in [2.45, 2.75) is 6.04 Å². The van der Waals surface area contributed by atoms with E-state index in [9.17, 15) is 0 Å². The number of rotatable bonds is 4. The largest absolute Gasteiger partial charge is 0.456 e. The smallest absolute Gasteiger partial charge is 0.135 e. The monoisotopic (exact) mass is 599 g/mol. The molecule has 1 aromatic heterocycles. The summed E-state index contributed by atoms with van der Waals surface area (Å²) in [5.41, 5.74) is 10.1. The molecule has 1 aliphatic rings. The number of hydrogen-bond acceptors (Lipinski definition) is 2. The quantitative estimate of drug-likeness (QED) is 0.204. The van der Waals surface area contributed by atoms with Crippen molar-refractivity contribution >= 4 is 65.5 Å². The molecule has 0 saturated carbocycles. The minimum absolute atomic E-state index is 0.0480. The second-order valence-electron chi connectivity index (χ2n) is 12.5. The van der Waals surface area contributed by atoms with E-state index in [-0.39, 0.29) is 6.04 Å². The first-order valence-electron chi connectivity index (χ1n) is 16.2. The van der Waals surface area contributed by atoms with Crippen LogP contribution < -0.4 is 5.32 Å². The minimum Gasteiger partial charge on any atom is -0.456 e. The van der Waals surface area contributed by atoms with Crippen molar-refractivity contribution in [2.24, 2.45) is 0 Å². The number of nitrogens with one attached hydrogen (secondary N) is 1. The zero-order valence-corrected chi connectivity index (χ0v) is 25.6. The van der Waals surface area contributed by atoms with Gasteiger partial charge in [-0.15, -0.1) is 0 Å². The first-order valence-corrected chi connectivity index (χ1v) is 16.2. The van der Waals surface area contributed by atoms with E-state index in [0.717, 1.165) is 27.6 Å². The first-order chi connectivity index (χ1) is 23.3. The van der Waals surface area contributed by atoms with Gasteiger partial charge in [-0.3, -0.25) is 0 Å². The van der Waals surface area contributed by atoms with E-state index in [0.29, 0.717) is 0 Å². The molecule has 220 valence electrons. The summed E-state index contributed by atoms with van der Waals surface area (Å²) in [7, 11) is 0. The summed E-state index contributed by atoms with van der Waals surface area (Å²) < 4.78 is 6.51. The van der Waals surface area contributed by atoms with Crippen LogP contribution in [-0.2, 0) is 0 Å². The van der Waals surface area contributed by atoms with Crippen LogP contribution >= 0.6 is 0 Å². The topological polar surface area (TPSA) is 25.2 Å². The average molecular weight is 600 g/mol. The fraction of sp³-hybridized carbons (Fsp3) is 0.0222. The maximum Gasteiger partial charge on any atom is 0.135 e. The fourth-order valence-electron chi connectivity index (χ4n) is 7.66. The predicted molar refractivity (Wildman–Crippen MR) is 198 cm³/mol. The molecule has 8 aromatic carbocycles. The Morgan fingerprint density at radius 2 is 1.17 bits per heavy atom. The molecule has 0 aliphatic carbocycles. The zero-order valence-electron chi connectivity index (χ0n) is 25.6. The van der Waals surface area contributed by atoms with Gasteiger partial charge in [0.1, 0.15) is 11.2 Å². The lowest BCUT2D eigenvalue weighted by molar-refractivity contribution is 0.668. The third-order valence-corrected chi connectivity index (χ3v) is 9.85. The second kappa shape index (κ2) is 10.2. The molecule has 0 spiro atoms. The molecule has 47 heavy (non-hydrogen) atoms. The lowest BCUT2D eigenvalue weighted by Gasteiger charge is -2.26. The predicted octanol–water partition coefficient (Wildman–Crippen LogP) is 11.9. The van der Waals surface area contributed by atoms with Crippen LogP contribution in [-0.4, -0.2) is 0 Å². The molecular formula is C45H29NO. The molecule has 0 radical (unpaired) electrons. The van der Waals surface area contributed by atoms with Gasteiger partial charge in [-0.1, -0.05) is 133 Å². The Bertz CT molecular complexity index is 2680. The fourth-order valence-corrected chi connectivity index (χ4v) is 7.66. The molecule has 2 nitrogen and oxygen atoms in total. The molecule has 1 aliphatic heterocycles. The van der Waals surface area contributed by atoms with Gasteiger partial charge < -0.3 is 9.73 Å². The van der Waals surface area contributed by atoms with Crippen LogP contribution in [0.2, 0.25) is 0 Å². The van der Waals surface area contributed by atoms with E-state index in [4.69, 9.17) is 4.42 Å². The summed E-state index contributed by atoms with van der Waals surface area (Å²) >= 11 is 0.